The van der Waals surface area contributed by atoms with E-state index in [1.165, 1.54) is 36.3 Å². The number of anilines is 1. The average Bonchev–Trinajstić information content (AvgIpc) is 3.38. The lowest BCUT2D eigenvalue weighted by Gasteiger charge is -2.27. The van der Waals surface area contributed by atoms with Gasteiger partial charge in [0.05, 0.1) is 18.7 Å². The van der Waals surface area contributed by atoms with Crippen LogP contribution in [0.1, 0.15) is 22.2 Å². The molecule has 1 N–H and O–H groups in total. The highest BCUT2D eigenvalue weighted by Crippen LogP contribution is 2.43. The van der Waals surface area contributed by atoms with Crippen molar-refractivity contribution in [1.29, 1.82) is 0 Å². The standard InChI is InChI=1S/C26H18FNO5/c1-32-17-12-10-16(11-13-17)28-23(18-7-3-4-8-19(18)27)22(25(30)26(28)31)24(29)21-14-15-6-2-5-9-20(15)33-21/h2-14,23,30H,1H3. The first kappa shape index (κ1) is 20.5. The fraction of sp³-hybridized carbons (Fsp3) is 0.0769. The van der Waals surface area contributed by atoms with Gasteiger partial charge in [0, 0.05) is 16.6 Å². The third-order valence-electron chi connectivity index (χ3n) is 5.65. The number of rotatable bonds is 5. The van der Waals surface area contributed by atoms with Crippen LogP contribution >= 0.6 is 0 Å². The molecule has 33 heavy (non-hydrogen) atoms. The van der Waals surface area contributed by atoms with E-state index in [2.05, 4.69) is 0 Å². The summed E-state index contributed by atoms with van der Waals surface area (Å²) < 4.78 is 25.8. The molecule has 0 radical (unpaired) electrons. The Morgan fingerprint density at radius 3 is 2.42 bits per heavy atom. The lowest BCUT2D eigenvalue weighted by atomic mass is 9.94. The number of amides is 1. The molecule has 1 atom stereocenters. The number of aliphatic hydroxyl groups excluding tert-OH is 1. The van der Waals surface area contributed by atoms with Gasteiger partial charge in [-0.15, -0.1) is 0 Å². The monoisotopic (exact) mass is 443 g/mol. The molecule has 1 aliphatic rings. The number of fused-ring (bicyclic) bond motifs is 1. The van der Waals surface area contributed by atoms with Gasteiger partial charge in [0.25, 0.3) is 5.91 Å². The minimum Gasteiger partial charge on any atom is -0.503 e. The molecule has 5 rings (SSSR count). The number of ketones is 1. The zero-order valence-corrected chi connectivity index (χ0v) is 17.5. The number of furan rings is 1. The van der Waals surface area contributed by atoms with E-state index in [0.717, 1.165) is 0 Å². The maximum absolute atomic E-state index is 14.9. The summed E-state index contributed by atoms with van der Waals surface area (Å²) in [5.41, 5.74) is 0.679. The van der Waals surface area contributed by atoms with Crippen LogP contribution in [-0.2, 0) is 4.79 Å². The number of carbonyl (C=O) groups excluding carboxylic acids is 2. The Labute approximate surface area is 188 Å². The van der Waals surface area contributed by atoms with E-state index in [9.17, 15) is 19.1 Å². The number of carbonyl (C=O) groups is 2. The number of methoxy groups -OCH3 is 1. The van der Waals surface area contributed by atoms with Crippen molar-refractivity contribution >= 4 is 28.3 Å². The minimum absolute atomic E-state index is 0.0523. The highest BCUT2D eigenvalue weighted by molar-refractivity contribution is 6.20. The Morgan fingerprint density at radius 2 is 1.73 bits per heavy atom. The Morgan fingerprint density at radius 1 is 1.03 bits per heavy atom. The lowest BCUT2D eigenvalue weighted by Crippen LogP contribution is -2.31. The first-order chi connectivity index (χ1) is 16.0. The number of ether oxygens (including phenoxy) is 1. The molecule has 4 aromatic rings. The van der Waals surface area contributed by atoms with Crippen molar-refractivity contribution in [1.82, 2.24) is 0 Å². The molecule has 164 valence electrons. The molecule has 3 aromatic carbocycles. The average molecular weight is 443 g/mol. The number of benzene rings is 3. The van der Waals surface area contributed by atoms with Crippen LogP contribution in [0.3, 0.4) is 0 Å². The second kappa shape index (κ2) is 7.94. The number of nitrogens with zero attached hydrogens (tertiary/aromatic N) is 1. The van der Waals surface area contributed by atoms with Crippen LogP contribution in [0, 0.1) is 5.82 Å². The minimum atomic E-state index is -1.19. The fourth-order valence-electron chi connectivity index (χ4n) is 4.06. The molecule has 1 aliphatic heterocycles. The molecule has 1 unspecified atom stereocenters. The Balaban J connectivity index is 1.66. The summed E-state index contributed by atoms with van der Waals surface area (Å²) in [5, 5.41) is 11.5. The Bertz CT molecular complexity index is 1390. The molecule has 1 amide bonds. The molecule has 0 saturated carbocycles. The highest BCUT2D eigenvalue weighted by atomic mass is 19.1. The summed E-state index contributed by atoms with van der Waals surface area (Å²) in [6.07, 6.45) is 0. The van der Waals surface area contributed by atoms with Gasteiger partial charge < -0.3 is 14.3 Å². The third kappa shape index (κ3) is 3.34. The molecular formula is C26H18FNO5. The summed E-state index contributed by atoms with van der Waals surface area (Å²) in [5.74, 6) is -2.36. The Hall–Kier alpha value is -4.39. The maximum atomic E-state index is 14.9. The first-order valence-electron chi connectivity index (χ1n) is 10.2. The lowest BCUT2D eigenvalue weighted by molar-refractivity contribution is -0.117. The first-order valence-corrected chi connectivity index (χ1v) is 10.2. The zero-order valence-electron chi connectivity index (χ0n) is 17.5. The van der Waals surface area contributed by atoms with Crippen molar-refractivity contribution in [3.05, 3.63) is 107 Å². The van der Waals surface area contributed by atoms with Gasteiger partial charge in [-0.25, -0.2) is 4.39 Å². The van der Waals surface area contributed by atoms with E-state index in [1.54, 1.807) is 54.6 Å². The SMILES string of the molecule is COc1ccc(N2C(=O)C(O)=C(C(=O)c3cc4ccccc4o3)C2c2ccccc2F)cc1. The van der Waals surface area contributed by atoms with Crippen LogP contribution in [0.25, 0.3) is 11.0 Å². The topological polar surface area (TPSA) is 80.0 Å². The van der Waals surface area contributed by atoms with Gasteiger partial charge in [0.15, 0.2) is 11.5 Å². The highest BCUT2D eigenvalue weighted by Gasteiger charge is 2.46. The van der Waals surface area contributed by atoms with E-state index in [-0.39, 0.29) is 16.9 Å². The Kier molecular flexibility index (Phi) is 4.94. The maximum Gasteiger partial charge on any atom is 0.294 e. The number of aliphatic hydroxyl groups is 1. The molecule has 7 heteroatoms. The molecule has 0 spiro atoms. The van der Waals surface area contributed by atoms with Crippen molar-refractivity contribution in [3.63, 3.8) is 0 Å². The molecule has 0 saturated heterocycles. The van der Waals surface area contributed by atoms with E-state index >= 15 is 0 Å². The normalized spacial score (nSPS) is 16.0. The summed E-state index contributed by atoms with van der Waals surface area (Å²) in [6, 6.07) is 19.7. The number of Topliss-reactive ketones (excluding diaryl/α,β-unsaturated/α-hetero) is 1. The molecule has 1 aromatic heterocycles. The second-order valence-corrected chi connectivity index (χ2v) is 7.54. The number of halogens is 1. The van der Waals surface area contributed by atoms with Gasteiger partial charge in [-0.2, -0.15) is 0 Å². The van der Waals surface area contributed by atoms with Crippen molar-refractivity contribution in [2.24, 2.45) is 0 Å². The number of hydrogen-bond donors (Lipinski definition) is 1. The van der Waals surface area contributed by atoms with Crippen LogP contribution < -0.4 is 9.64 Å². The van der Waals surface area contributed by atoms with E-state index in [0.29, 0.717) is 22.4 Å². The fourth-order valence-corrected chi connectivity index (χ4v) is 4.06. The smallest absolute Gasteiger partial charge is 0.294 e. The molecule has 0 fully saturated rings. The van der Waals surface area contributed by atoms with Gasteiger partial charge in [-0.1, -0.05) is 36.4 Å². The van der Waals surface area contributed by atoms with Crippen LogP contribution in [0.5, 0.6) is 5.75 Å². The summed E-state index contributed by atoms with van der Waals surface area (Å²) >= 11 is 0. The van der Waals surface area contributed by atoms with Crippen molar-refractivity contribution in [2.75, 3.05) is 12.0 Å². The number of para-hydroxylation sites is 1. The van der Waals surface area contributed by atoms with Crippen LogP contribution in [-0.4, -0.2) is 23.9 Å². The van der Waals surface area contributed by atoms with E-state index in [4.69, 9.17) is 9.15 Å². The molecule has 0 bridgehead atoms. The van der Waals surface area contributed by atoms with Gasteiger partial charge in [0.2, 0.25) is 5.78 Å². The van der Waals surface area contributed by atoms with Crippen molar-refractivity contribution < 1.29 is 28.2 Å². The number of hydrogen-bond acceptors (Lipinski definition) is 5. The van der Waals surface area contributed by atoms with Crippen LogP contribution in [0.15, 0.2) is 94.6 Å². The predicted octanol–water partition coefficient (Wildman–Crippen LogP) is 5.36. The van der Waals surface area contributed by atoms with Crippen molar-refractivity contribution in [3.8, 4) is 5.75 Å². The molecular weight excluding hydrogens is 425 g/mol. The van der Waals surface area contributed by atoms with Gasteiger partial charge in [-0.3, -0.25) is 14.5 Å². The van der Waals surface area contributed by atoms with Crippen LogP contribution in [0.4, 0.5) is 10.1 Å². The molecule has 6 nitrogen and oxygen atoms in total. The quantitative estimate of drug-likeness (QED) is 0.420. The van der Waals surface area contributed by atoms with Gasteiger partial charge in [-0.05, 0) is 42.5 Å². The molecule has 0 aliphatic carbocycles. The third-order valence-corrected chi connectivity index (χ3v) is 5.65. The summed E-state index contributed by atoms with van der Waals surface area (Å²) in [7, 11) is 1.51. The second-order valence-electron chi connectivity index (χ2n) is 7.54. The zero-order chi connectivity index (χ0) is 23.1. The predicted molar refractivity (Wildman–Crippen MR) is 120 cm³/mol. The van der Waals surface area contributed by atoms with Crippen LogP contribution in [0.2, 0.25) is 0 Å². The van der Waals surface area contributed by atoms with Gasteiger partial charge >= 0.3 is 0 Å². The van der Waals surface area contributed by atoms with E-state index in [1.807, 2.05) is 0 Å². The van der Waals surface area contributed by atoms with E-state index < -0.39 is 29.3 Å². The molecule has 2 heterocycles. The largest absolute Gasteiger partial charge is 0.503 e. The summed E-state index contributed by atoms with van der Waals surface area (Å²) in [4.78, 5) is 27.9. The summed E-state index contributed by atoms with van der Waals surface area (Å²) in [6.45, 7) is 0. The van der Waals surface area contributed by atoms with Gasteiger partial charge in [0.1, 0.15) is 17.1 Å². The van der Waals surface area contributed by atoms with Crippen molar-refractivity contribution in [2.45, 2.75) is 6.04 Å².